The van der Waals surface area contributed by atoms with Crippen molar-refractivity contribution in [1.82, 2.24) is 14.6 Å². The molecule has 1 saturated heterocycles. The maximum absolute atomic E-state index is 13.3. The van der Waals surface area contributed by atoms with E-state index in [0.717, 1.165) is 11.9 Å². The van der Waals surface area contributed by atoms with Crippen molar-refractivity contribution in [3.63, 3.8) is 0 Å². The number of aliphatic hydroxyl groups excluding tert-OH is 1. The molecular weight excluding hydrogens is 385 g/mol. The minimum Gasteiger partial charge on any atom is -0.390 e. The highest BCUT2D eigenvalue weighted by atomic mass is 19.4. The molecule has 1 aliphatic heterocycles. The van der Waals surface area contributed by atoms with Crippen LogP contribution < -0.4 is 4.90 Å². The zero-order chi connectivity index (χ0) is 20.6. The van der Waals surface area contributed by atoms with Crippen molar-refractivity contribution in [3.05, 3.63) is 58.4 Å². The predicted molar refractivity (Wildman–Crippen MR) is 101 cm³/mol. The zero-order valence-corrected chi connectivity index (χ0v) is 15.9. The molecule has 3 aromatic rings. The van der Waals surface area contributed by atoms with Gasteiger partial charge in [-0.25, -0.2) is 9.50 Å². The second-order valence-electron chi connectivity index (χ2n) is 6.99. The van der Waals surface area contributed by atoms with Crippen LogP contribution in [-0.4, -0.2) is 46.0 Å². The number of aliphatic hydroxyl groups is 1. The largest absolute Gasteiger partial charge is 0.416 e. The molecule has 3 heterocycles. The molecule has 1 N–H and O–H groups in total. The molecule has 1 aromatic carbocycles. The number of halogens is 3. The maximum Gasteiger partial charge on any atom is 0.416 e. The van der Waals surface area contributed by atoms with Crippen LogP contribution in [0.25, 0.3) is 5.65 Å². The SMILES string of the molecule is Cc1c(Cc2c(CO)nc3ccc(N4CCOCC4)nn23)cccc1C(F)(F)F. The molecule has 1 fully saturated rings. The van der Waals surface area contributed by atoms with E-state index in [2.05, 4.69) is 15.0 Å². The molecule has 2 aromatic heterocycles. The molecule has 0 atom stereocenters. The standard InChI is InChI=1S/C20H21F3N4O2/c1-13-14(3-2-4-15(13)20(21,22)23)11-17-16(12-28)24-18-5-6-19(25-27(17)18)26-7-9-29-10-8-26/h2-6,28H,7-12H2,1H3. The minimum absolute atomic E-state index is 0.170. The minimum atomic E-state index is -4.42. The summed E-state index contributed by atoms with van der Waals surface area (Å²) in [6.45, 7) is 3.80. The molecule has 6 nitrogen and oxygen atoms in total. The van der Waals surface area contributed by atoms with E-state index < -0.39 is 11.7 Å². The van der Waals surface area contributed by atoms with Gasteiger partial charge in [0.1, 0.15) is 5.82 Å². The topological polar surface area (TPSA) is 62.9 Å². The quantitative estimate of drug-likeness (QED) is 0.722. The van der Waals surface area contributed by atoms with Gasteiger partial charge < -0.3 is 14.7 Å². The third kappa shape index (κ3) is 3.79. The number of morpholine rings is 1. The molecule has 0 unspecified atom stereocenters. The highest BCUT2D eigenvalue weighted by Gasteiger charge is 2.33. The number of aromatic nitrogens is 3. The van der Waals surface area contributed by atoms with E-state index >= 15 is 0 Å². The Bertz CT molecular complexity index is 1030. The van der Waals surface area contributed by atoms with Crippen LogP contribution in [0.5, 0.6) is 0 Å². The first kappa shape index (κ1) is 19.7. The average Bonchev–Trinajstić information content (AvgIpc) is 3.06. The van der Waals surface area contributed by atoms with Crippen LogP contribution in [0.3, 0.4) is 0 Å². The summed E-state index contributed by atoms with van der Waals surface area (Å²) >= 11 is 0. The molecular formula is C20H21F3N4O2. The smallest absolute Gasteiger partial charge is 0.390 e. The van der Waals surface area contributed by atoms with Crippen molar-refractivity contribution in [3.8, 4) is 0 Å². The van der Waals surface area contributed by atoms with Gasteiger partial charge in [0.2, 0.25) is 0 Å². The van der Waals surface area contributed by atoms with Crippen LogP contribution in [0, 0.1) is 6.92 Å². The number of imidazole rings is 1. The molecule has 0 radical (unpaired) electrons. The Morgan fingerprint density at radius 1 is 1.14 bits per heavy atom. The Morgan fingerprint density at radius 2 is 1.90 bits per heavy atom. The van der Waals surface area contributed by atoms with Gasteiger partial charge in [-0.2, -0.15) is 13.2 Å². The Hall–Kier alpha value is -2.65. The van der Waals surface area contributed by atoms with E-state index in [0.29, 0.717) is 48.9 Å². The average molecular weight is 406 g/mol. The van der Waals surface area contributed by atoms with E-state index in [1.807, 2.05) is 6.07 Å². The van der Waals surface area contributed by atoms with Gasteiger partial charge in [0.05, 0.1) is 36.8 Å². The van der Waals surface area contributed by atoms with Crippen LogP contribution in [0.1, 0.15) is 28.1 Å². The summed E-state index contributed by atoms with van der Waals surface area (Å²) in [4.78, 5) is 6.48. The maximum atomic E-state index is 13.3. The summed E-state index contributed by atoms with van der Waals surface area (Å²) in [5, 5.41) is 14.4. The molecule has 4 rings (SSSR count). The molecule has 9 heteroatoms. The van der Waals surface area contributed by atoms with Crippen LogP contribution in [0.15, 0.2) is 30.3 Å². The van der Waals surface area contributed by atoms with Gasteiger partial charge in [0.25, 0.3) is 0 Å². The highest BCUT2D eigenvalue weighted by Crippen LogP contribution is 2.33. The molecule has 0 saturated carbocycles. The van der Waals surface area contributed by atoms with Gasteiger partial charge >= 0.3 is 6.18 Å². The van der Waals surface area contributed by atoms with E-state index in [-0.39, 0.29) is 18.6 Å². The Labute approximate surface area is 165 Å². The number of fused-ring (bicyclic) bond motifs is 1. The number of anilines is 1. The summed E-state index contributed by atoms with van der Waals surface area (Å²) < 4.78 is 46.8. The van der Waals surface area contributed by atoms with Crippen molar-refractivity contribution in [2.24, 2.45) is 0 Å². The summed E-state index contributed by atoms with van der Waals surface area (Å²) in [7, 11) is 0. The number of rotatable bonds is 4. The third-order valence-electron chi connectivity index (χ3n) is 5.23. The fraction of sp³-hybridized carbons (Fsp3) is 0.400. The Morgan fingerprint density at radius 3 is 2.59 bits per heavy atom. The van der Waals surface area contributed by atoms with Crippen molar-refractivity contribution in [2.45, 2.75) is 26.1 Å². The predicted octanol–water partition coefficient (Wildman–Crippen LogP) is 2.98. The lowest BCUT2D eigenvalue weighted by atomic mass is 9.98. The van der Waals surface area contributed by atoms with Gasteiger partial charge in [-0.1, -0.05) is 12.1 Å². The summed E-state index contributed by atoms with van der Waals surface area (Å²) in [6.07, 6.45) is -4.23. The van der Waals surface area contributed by atoms with Crippen molar-refractivity contribution >= 4 is 11.5 Å². The lowest BCUT2D eigenvalue weighted by Gasteiger charge is -2.27. The number of alkyl halides is 3. The van der Waals surface area contributed by atoms with Gasteiger partial charge in [-0.3, -0.25) is 0 Å². The Balaban J connectivity index is 1.76. The third-order valence-corrected chi connectivity index (χ3v) is 5.23. The normalized spacial score (nSPS) is 15.3. The fourth-order valence-electron chi connectivity index (χ4n) is 3.64. The van der Waals surface area contributed by atoms with Crippen LogP contribution in [0.4, 0.5) is 19.0 Å². The zero-order valence-electron chi connectivity index (χ0n) is 15.9. The summed E-state index contributed by atoms with van der Waals surface area (Å²) in [6, 6.07) is 7.80. The molecule has 0 bridgehead atoms. The van der Waals surface area contributed by atoms with Gasteiger partial charge in [0, 0.05) is 19.5 Å². The van der Waals surface area contributed by atoms with E-state index in [4.69, 9.17) is 4.74 Å². The van der Waals surface area contributed by atoms with Crippen molar-refractivity contribution < 1.29 is 23.0 Å². The molecule has 154 valence electrons. The molecule has 0 spiro atoms. The molecule has 0 aliphatic carbocycles. The fourth-order valence-corrected chi connectivity index (χ4v) is 3.64. The lowest BCUT2D eigenvalue weighted by molar-refractivity contribution is -0.138. The van der Waals surface area contributed by atoms with Crippen molar-refractivity contribution in [1.29, 1.82) is 0 Å². The number of hydrogen-bond acceptors (Lipinski definition) is 5. The first-order valence-corrected chi connectivity index (χ1v) is 9.35. The van der Waals surface area contributed by atoms with E-state index in [1.54, 1.807) is 16.6 Å². The first-order valence-electron chi connectivity index (χ1n) is 9.35. The monoisotopic (exact) mass is 406 g/mol. The number of ether oxygens (including phenoxy) is 1. The second kappa shape index (κ2) is 7.64. The van der Waals surface area contributed by atoms with Gasteiger partial charge in [0.15, 0.2) is 5.65 Å². The lowest BCUT2D eigenvalue weighted by Crippen LogP contribution is -2.37. The van der Waals surface area contributed by atoms with E-state index in [1.165, 1.54) is 13.0 Å². The number of benzene rings is 1. The van der Waals surface area contributed by atoms with Crippen LogP contribution in [0.2, 0.25) is 0 Å². The molecule has 1 aliphatic rings. The van der Waals surface area contributed by atoms with Gasteiger partial charge in [-0.15, -0.1) is 5.10 Å². The van der Waals surface area contributed by atoms with Crippen LogP contribution >= 0.6 is 0 Å². The molecule has 29 heavy (non-hydrogen) atoms. The summed E-state index contributed by atoms with van der Waals surface area (Å²) in [5.74, 6) is 0.740. The highest BCUT2D eigenvalue weighted by molar-refractivity contribution is 5.50. The van der Waals surface area contributed by atoms with E-state index in [9.17, 15) is 18.3 Å². The number of hydrogen-bond donors (Lipinski definition) is 1. The van der Waals surface area contributed by atoms with Crippen molar-refractivity contribution in [2.75, 3.05) is 31.2 Å². The molecule has 0 amide bonds. The van der Waals surface area contributed by atoms with Gasteiger partial charge in [-0.05, 0) is 36.2 Å². The first-order chi connectivity index (χ1) is 13.9. The number of nitrogens with zero attached hydrogens (tertiary/aromatic N) is 4. The Kier molecular flexibility index (Phi) is 5.18. The second-order valence-corrected chi connectivity index (χ2v) is 6.99. The van der Waals surface area contributed by atoms with Crippen LogP contribution in [-0.2, 0) is 23.9 Å². The summed E-state index contributed by atoms with van der Waals surface area (Å²) in [5.41, 5.74) is 1.58.